The number of piperidine rings is 1. The van der Waals surface area contributed by atoms with E-state index in [1.54, 1.807) is 4.90 Å². The Morgan fingerprint density at radius 2 is 1.87 bits per heavy atom. The van der Waals surface area contributed by atoms with Gasteiger partial charge in [-0.3, -0.25) is 9.69 Å². The summed E-state index contributed by atoms with van der Waals surface area (Å²) in [5, 5.41) is 6.04. The van der Waals surface area contributed by atoms with Crippen LogP contribution in [0.25, 0.3) is 0 Å². The molecule has 2 heterocycles. The van der Waals surface area contributed by atoms with Crippen LogP contribution >= 0.6 is 0 Å². The zero-order valence-electron chi connectivity index (χ0n) is 13.8. The first-order valence-corrected chi connectivity index (χ1v) is 8.85. The molecule has 0 radical (unpaired) electrons. The molecule has 1 saturated carbocycles. The summed E-state index contributed by atoms with van der Waals surface area (Å²) >= 11 is 0. The van der Waals surface area contributed by atoms with Crippen LogP contribution < -0.4 is 10.6 Å². The maximum absolute atomic E-state index is 12.3. The van der Waals surface area contributed by atoms with Crippen molar-refractivity contribution < 1.29 is 14.3 Å². The molecule has 2 saturated heterocycles. The first kappa shape index (κ1) is 16.5. The minimum atomic E-state index is -0.0709. The molecule has 3 aliphatic rings. The molecule has 0 aromatic carbocycles. The van der Waals surface area contributed by atoms with Crippen molar-refractivity contribution >= 4 is 11.9 Å². The molecule has 2 N–H and O–H groups in total. The third-order valence-corrected chi connectivity index (χ3v) is 4.82. The van der Waals surface area contributed by atoms with Gasteiger partial charge in [0.15, 0.2) is 0 Å². The van der Waals surface area contributed by atoms with Crippen molar-refractivity contribution in [2.45, 2.75) is 31.7 Å². The number of carbonyl (C=O) groups is 2. The molecule has 7 nitrogen and oxygen atoms in total. The average Bonchev–Trinajstić information content (AvgIpc) is 3.40. The van der Waals surface area contributed by atoms with Crippen LogP contribution in [0, 0.1) is 5.92 Å². The smallest absolute Gasteiger partial charge is 0.317 e. The fourth-order valence-electron chi connectivity index (χ4n) is 3.18. The van der Waals surface area contributed by atoms with Gasteiger partial charge >= 0.3 is 6.03 Å². The summed E-state index contributed by atoms with van der Waals surface area (Å²) in [5.74, 6) is 0.0144. The fraction of sp³-hybridized carbons (Fsp3) is 0.875. The second-order valence-electron chi connectivity index (χ2n) is 6.75. The van der Waals surface area contributed by atoms with Gasteiger partial charge in [0.05, 0.1) is 19.1 Å². The van der Waals surface area contributed by atoms with Crippen molar-refractivity contribution in [1.29, 1.82) is 0 Å². The van der Waals surface area contributed by atoms with E-state index < -0.39 is 0 Å². The maximum atomic E-state index is 12.3. The van der Waals surface area contributed by atoms with E-state index in [4.69, 9.17) is 4.74 Å². The van der Waals surface area contributed by atoms with Gasteiger partial charge in [-0.05, 0) is 25.7 Å². The molecule has 1 atom stereocenters. The number of ether oxygens (including phenoxy) is 1. The number of nitrogens with one attached hydrogen (secondary N) is 2. The molecular weight excluding hydrogens is 296 g/mol. The van der Waals surface area contributed by atoms with Crippen LogP contribution in [0.1, 0.15) is 25.7 Å². The van der Waals surface area contributed by atoms with E-state index >= 15 is 0 Å². The highest BCUT2D eigenvalue weighted by atomic mass is 16.5. The SMILES string of the molecule is O=C(NCCN1CCOCC1)C1CCCN(C(=O)NC2CC2)C1. The molecule has 0 aromatic heterocycles. The summed E-state index contributed by atoms with van der Waals surface area (Å²) in [6, 6.07) is 0.364. The molecule has 0 aromatic rings. The highest BCUT2D eigenvalue weighted by molar-refractivity contribution is 5.81. The summed E-state index contributed by atoms with van der Waals surface area (Å²) in [7, 11) is 0. The van der Waals surface area contributed by atoms with Gasteiger partial charge in [0.25, 0.3) is 0 Å². The Hall–Kier alpha value is -1.34. The first-order chi connectivity index (χ1) is 11.2. The molecule has 0 spiro atoms. The van der Waals surface area contributed by atoms with E-state index in [1.165, 1.54) is 0 Å². The molecule has 23 heavy (non-hydrogen) atoms. The molecule has 130 valence electrons. The number of hydrogen-bond acceptors (Lipinski definition) is 4. The lowest BCUT2D eigenvalue weighted by Gasteiger charge is -2.32. The molecule has 3 rings (SSSR count). The summed E-state index contributed by atoms with van der Waals surface area (Å²) in [6.07, 6.45) is 3.95. The lowest BCUT2D eigenvalue weighted by Crippen LogP contribution is -2.50. The van der Waals surface area contributed by atoms with Gasteiger partial charge in [0.1, 0.15) is 0 Å². The van der Waals surface area contributed by atoms with E-state index in [9.17, 15) is 9.59 Å². The monoisotopic (exact) mass is 324 g/mol. The Balaban J connectivity index is 1.36. The van der Waals surface area contributed by atoms with Crippen molar-refractivity contribution in [3.8, 4) is 0 Å². The molecule has 1 unspecified atom stereocenters. The third kappa shape index (κ3) is 5.07. The second kappa shape index (κ2) is 7.97. The van der Waals surface area contributed by atoms with Gasteiger partial charge in [0.2, 0.25) is 5.91 Å². The minimum Gasteiger partial charge on any atom is -0.379 e. The number of nitrogens with zero attached hydrogens (tertiary/aromatic N) is 2. The highest BCUT2D eigenvalue weighted by Gasteiger charge is 2.31. The van der Waals surface area contributed by atoms with Crippen LogP contribution in [-0.4, -0.2) is 80.3 Å². The number of rotatable bonds is 5. The maximum Gasteiger partial charge on any atom is 0.317 e. The van der Waals surface area contributed by atoms with Gasteiger partial charge in [-0.2, -0.15) is 0 Å². The third-order valence-electron chi connectivity index (χ3n) is 4.82. The minimum absolute atomic E-state index is 0.00156. The van der Waals surface area contributed by atoms with Gasteiger partial charge in [0, 0.05) is 45.3 Å². The van der Waals surface area contributed by atoms with Crippen LogP contribution in [0.15, 0.2) is 0 Å². The number of urea groups is 1. The molecular formula is C16H28N4O3. The van der Waals surface area contributed by atoms with E-state index in [0.717, 1.165) is 65.1 Å². The van der Waals surface area contributed by atoms with Crippen LogP contribution in [-0.2, 0) is 9.53 Å². The number of hydrogen-bond donors (Lipinski definition) is 2. The molecule has 0 bridgehead atoms. The average molecular weight is 324 g/mol. The zero-order valence-corrected chi connectivity index (χ0v) is 13.8. The van der Waals surface area contributed by atoms with Crippen LogP contribution in [0.5, 0.6) is 0 Å². The van der Waals surface area contributed by atoms with Crippen molar-refractivity contribution in [3.63, 3.8) is 0 Å². The lowest BCUT2D eigenvalue weighted by molar-refractivity contribution is -0.126. The number of carbonyl (C=O) groups excluding carboxylic acids is 2. The Morgan fingerprint density at radius 1 is 1.09 bits per heavy atom. The fourth-order valence-corrected chi connectivity index (χ4v) is 3.18. The van der Waals surface area contributed by atoms with Crippen LogP contribution in [0.4, 0.5) is 4.79 Å². The highest BCUT2D eigenvalue weighted by Crippen LogP contribution is 2.21. The summed E-state index contributed by atoms with van der Waals surface area (Å²) in [6.45, 7) is 6.28. The normalized spacial score (nSPS) is 25.9. The van der Waals surface area contributed by atoms with Gasteiger partial charge in [-0.25, -0.2) is 4.79 Å². The van der Waals surface area contributed by atoms with Gasteiger partial charge in [-0.1, -0.05) is 0 Å². The lowest BCUT2D eigenvalue weighted by atomic mass is 9.97. The van der Waals surface area contributed by atoms with E-state index in [2.05, 4.69) is 15.5 Å². The Morgan fingerprint density at radius 3 is 2.61 bits per heavy atom. The van der Waals surface area contributed by atoms with E-state index in [1.807, 2.05) is 0 Å². The summed E-state index contributed by atoms with van der Waals surface area (Å²) < 4.78 is 5.32. The molecule has 3 amide bonds. The number of amides is 3. The predicted molar refractivity (Wildman–Crippen MR) is 86.1 cm³/mol. The number of likely N-dealkylation sites (tertiary alicyclic amines) is 1. The van der Waals surface area contributed by atoms with Gasteiger partial charge in [-0.15, -0.1) is 0 Å². The van der Waals surface area contributed by atoms with E-state index in [0.29, 0.717) is 19.1 Å². The van der Waals surface area contributed by atoms with Crippen molar-refractivity contribution in [3.05, 3.63) is 0 Å². The molecule has 1 aliphatic carbocycles. The number of morpholine rings is 1. The topological polar surface area (TPSA) is 73.9 Å². The standard InChI is InChI=1S/C16H28N4O3/c21-15(17-5-7-19-8-10-23-11-9-19)13-2-1-6-20(12-13)16(22)18-14-3-4-14/h13-14H,1-12H2,(H,17,21)(H,18,22). The Labute approximate surface area is 137 Å². The Bertz CT molecular complexity index is 422. The quantitative estimate of drug-likeness (QED) is 0.748. The van der Waals surface area contributed by atoms with Crippen LogP contribution in [0.2, 0.25) is 0 Å². The van der Waals surface area contributed by atoms with E-state index in [-0.39, 0.29) is 17.9 Å². The molecule has 7 heteroatoms. The summed E-state index contributed by atoms with van der Waals surface area (Å²) in [5.41, 5.74) is 0. The Kier molecular flexibility index (Phi) is 5.72. The van der Waals surface area contributed by atoms with Gasteiger partial charge < -0.3 is 20.3 Å². The first-order valence-electron chi connectivity index (χ1n) is 8.85. The predicted octanol–water partition coefficient (Wildman–Crippen LogP) is 0.0188. The van der Waals surface area contributed by atoms with Crippen molar-refractivity contribution in [2.75, 3.05) is 52.5 Å². The molecule has 3 fully saturated rings. The zero-order chi connectivity index (χ0) is 16.1. The van der Waals surface area contributed by atoms with Crippen molar-refractivity contribution in [2.24, 2.45) is 5.92 Å². The second-order valence-corrected chi connectivity index (χ2v) is 6.75. The van der Waals surface area contributed by atoms with Crippen LogP contribution in [0.3, 0.4) is 0 Å². The molecule has 2 aliphatic heterocycles. The largest absolute Gasteiger partial charge is 0.379 e. The van der Waals surface area contributed by atoms with Crippen molar-refractivity contribution in [1.82, 2.24) is 20.4 Å². The summed E-state index contributed by atoms with van der Waals surface area (Å²) in [4.78, 5) is 28.5.